The Morgan fingerprint density at radius 3 is 2.64 bits per heavy atom. The van der Waals surface area contributed by atoms with Crippen LogP contribution >= 0.6 is 12.4 Å². The van der Waals surface area contributed by atoms with Crippen LogP contribution in [0.4, 0.5) is 11.4 Å². The van der Waals surface area contributed by atoms with Crippen LogP contribution in [-0.2, 0) is 12.8 Å². The molecule has 112 valence electrons. The van der Waals surface area contributed by atoms with Gasteiger partial charge in [-0.3, -0.25) is 4.98 Å². The second kappa shape index (κ2) is 5.98. The average molecular weight is 311 g/mol. The van der Waals surface area contributed by atoms with Gasteiger partial charge in [-0.25, -0.2) is 0 Å². The minimum Gasteiger partial charge on any atom is -0.355 e. The van der Waals surface area contributed by atoms with Crippen molar-refractivity contribution in [1.82, 2.24) is 4.98 Å². The summed E-state index contributed by atoms with van der Waals surface area (Å²) in [6.45, 7) is 2.14. The Labute approximate surface area is 137 Å². The molecule has 0 aliphatic heterocycles. The number of hydrogen-bond acceptors (Lipinski definition) is 2. The van der Waals surface area contributed by atoms with Crippen molar-refractivity contribution in [2.75, 3.05) is 5.32 Å². The predicted molar refractivity (Wildman–Crippen MR) is 95.5 cm³/mol. The molecule has 1 aliphatic rings. The zero-order valence-electron chi connectivity index (χ0n) is 12.6. The summed E-state index contributed by atoms with van der Waals surface area (Å²) >= 11 is 0. The van der Waals surface area contributed by atoms with E-state index in [4.69, 9.17) is 4.98 Å². The molecule has 1 heterocycles. The van der Waals surface area contributed by atoms with Gasteiger partial charge in [0.2, 0.25) is 0 Å². The van der Waals surface area contributed by atoms with E-state index in [2.05, 4.69) is 54.7 Å². The van der Waals surface area contributed by atoms with Gasteiger partial charge >= 0.3 is 0 Å². The molecule has 0 fully saturated rings. The number of anilines is 2. The fourth-order valence-electron chi connectivity index (χ4n) is 3.18. The Balaban J connectivity index is 0.00000144. The second-order valence-corrected chi connectivity index (χ2v) is 5.78. The SMILES string of the molecule is Cc1ccc2nc3c(c(Nc4ccccc4)c2c1)CCC3.Cl. The van der Waals surface area contributed by atoms with Crippen molar-refractivity contribution in [3.05, 3.63) is 65.4 Å². The van der Waals surface area contributed by atoms with Crippen LogP contribution in [0.15, 0.2) is 48.5 Å². The molecular weight excluding hydrogens is 292 g/mol. The number of fused-ring (bicyclic) bond motifs is 2. The first-order chi connectivity index (χ1) is 10.3. The van der Waals surface area contributed by atoms with E-state index in [1.54, 1.807) is 0 Å². The molecule has 0 radical (unpaired) electrons. The van der Waals surface area contributed by atoms with E-state index in [0.717, 1.165) is 24.0 Å². The van der Waals surface area contributed by atoms with E-state index in [-0.39, 0.29) is 12.4 Å². The molecule has 0 saturated heterocycles. The number of aromatic nitrogens is 1. The van der Waals surface area contributed by atoms with Gasteiger partial charge < -0.3 is 5.32 Å². The van der Waals surface area contributed by atoms with Crippen molar-refractivity contribution in [2.24, 2.45) is 0 Å². The maximum absolute atomic E-state index is 4.86. The summed E-state index contributed by atoms with van der Waals surface area (Å²) in [6, 6.07) is 16.9. The molecule has 4 rings (SSSR count). The minimum atomic E-state index is 0. The summed E-state index contributed by atoms with van der Waals surface area (Å²) in [5.41, 5.74) is 7.43. The molecule has 3 aromatic rings. The van der Waals surface area contributed by atoms with Crippen LogP contribution in [0.3, 0.4) is 0 Å². The van der Waals surface area contributed by atoms with E-state index in [1.165, 1.54) is 34.3 Å². The number of pyridine rings is 1. The number of benzene rings is 2. The van der Waals surface area contributed by atoms with Crippen LogP contribution in [0, 0.1) is 6.92 Å². The van der Waals surface area contributed by atoms with E-state index in [9.17, 15) is 0 Å². The summed E-state index contributed by atoms with van der Waals surface area (Å²) in [5.74, 6) is 0. The summed E-state index contributed by atoms with van der Waals surface area (Å²) < 4.78 is 0. The number of rotatable bonds is 2. The molecule has 0 unspecified atom stereocenters. The van der Waals surface area contributed by atoms with Crippen molar-refractivity contribution in [3.63, 3.8) is 0 Å². The maximum Gasteiger partial charge on any atom is 0.0726 e. The Morgan fingerprint density at radius 1 is 1.00 bits per heavy atom. The summed E-state index contributed by atoms with van der Waals surface area (Å²) in [5, 5.41) is 4.87. The highest BCUT2D eigenvalue weighted by molar-refractivity contribution is 5.96. The van der Waals surface area contributed by atoms with Gasteiger partial charge in [-0.15, -0.1) is 12.4 Å². The summed E-state index contributed by atoms with van der Waals surface area (Å²) in [4.78, 5) is 4.86. The molecule has 1 N–H and O–H groups in total. The monoisotopic (exact) mass is 310 g/mol. The lowest BCUT2D eigenvalue weighted by molar-refractivity contribution is 0.901. The molecular formula is C19H19ClN2. The molecule has 3 heteroatoms. The van der Waals surface area contributed by atoms with Gasteiger partial charge in [-0.1, -0.05) is 29.8 Å². The lowest BCUT2D eigenvalue weighted by Gasteiger charge is -2.15. The van der Waals surface area contributed by atoms with Crippen LogP contribution < -0.4 is 5.32 Å². The van der Waals surface area contributed by atoms with Crippen LogP contribution in [0.1, 0.15) is 23.2 Å². The van der Waals surface area contributed by atoms with Gasteiger partial charge in [0.25, 0.3) is 0 Å². The first kappa shape index (κ1) is 14.9. The van der Waals surface area contributed by atoms with E-state index < -0.39 is 0 Å². The highest BCUT2D eigenvalue weighted by Gasteiger charge is 2.19. The van der Waals surface area contributed by atoms with E-state index >= 15 is 0 Å². The fraction of sp³-hybridized carbons (Fsp3) is 0.211. The smallest absolute Gasteiger partial charge is 0.0726 e. The van der Waals surface area contributed by atoms with Crippen LogP contribution in [0.2, 0.25) is 0 Å². The molecule has 2 nitrogen and oxygen atoms in total. The van der Waals surface area contributed by atoms with Gasteiger partial charge in [-0.05, 0) is 56.0 Å². The molecule has 1 aliphatic carbocycles. The quantitative estimate of drug-likeness (QED) is 0.704. The van der Waals surface area contributed by atoms with Crippen molar-refractivity contribution >= 4 is 34.7 Å². The Kier molecular flexibility index (Phi) is 4.04. The molecule has 1 aromatic heterocycles. The third-order valence-corrected chi connectivity index (χ3v) is 4.21. The van der Waals surface area contributed by atoms with E-state index in [0.29, 0.717) is 0 Å². The van der Waals surface area contributed by atoms with Crippen LogP contribution in [-0.4, -0.2) is 4.98 Å². The van der Waals surface area contributed by atoms with Crippen LogP contribution in [0.5, 0.6) is 0 Å². The second-order valence-electron chi connectivity index (χ2n) is 5.78. The first-order valence-electron chi connectivity index (χ1n) is 7.55. The topological polar surface area (TPSA) is 24.9 Å². The number of para-hydroxylation sites is 1. The third kappa shape index (κ3) is 2.55. The number of hydrogen-bond donors (Lipinski definition) is 1. The zero-order valence-corrected chi connectivity index (χ0v) is 13.4. The summed E-state index contributed by atoms with van der Waals surface area (Å²) in [7, 11) is 0. The number of halogens is 1. The third-order valence-electron chi connectivity index (χ3n) is 4.21. The van der Waals surface area contributed by atoms with Gasteiger partial charge in [0, 0.05) is 16.8 Å². The van der Waals surface area contributed by atoms with Gasteiger partial charge in [-0.2, -0.15) is 0 Å². The molecule has 22 heavy (non-hydrogen) atoms. The van der Waals surface area contributed by atoms with Gasteiger partial charge in [0.1, 0.15) is 0 Å². The number of nitrogens with zero attached hydrogens (tertiary/aromatic N) is 1. The van der Waals surface area contributed by atoms with Gasteiger partial charge in [0.05, 0.1) is 11.2 Å². The van der Waals surface area contributed by atoms with Crippen molar-refractivity contribution < 1.29 is 0 Å². The van der Waals surface area contributed by atoms with Crippen LogP contribution in [0.25, 0.3) is 10.9 Å². The molecule has 0 atom stereocenters. The summed E-state index contributed by atoms with van der Waals surface area (Å²) in [6.07, 6.45) is 3.44. The van der Waals surface area contributed by atoms with Gasteiger partial charge in [0.15, 0.2) is 0 Å². The maximum atomic E-state index is 4.86. The highest BCUT2D eigenvalue weighted by Crippen LogP contribution is 2.36. The highest BCUT2D eigenvalue weighted by atomic mass is 35.5. The predicted octanol–water partition coefficient (Wildman–Crippen LogP) is 5.20. The Morgan fingerprint density at radius 2 is 1.82 bits per heavy atom. The zero-order chi connectivity index (χ0) is 14.2. The molecule has 0 bridgehead atoms. The molecule has 2 aromatic carbocycles. The fourth-order valence-corrected chi connectivity index (χ4v) is 3.18. The van der Waals surface area contributed by atoms with Crippen molar-refractivity contribution in [1.29, 1.82) is 0 Å². The minimum absolute atomic E-state index is 0. The molecule has 0 saturated carbocycles. The standard InChI is InChI=1S/C19H18N2.ClH/c1-13-10-11-18-16(12-13)19(15-8-5-9-17(15)21-18)20-14-6-3-2-4-7-14;/h2-4,6-7,10-12H,5,8-9H2,1H3,(H,20,21);1H. The Bertz CT molecular complexity index is 813. The molecule has 0 spiro atoms. The molecule has 0 amide bonds. The Hall–Kier alpha value is -2.06. The largest absolute Gasteiger partial charge is 0.355 e. The lowest BCUT2D eigenvalue weighted by Crippen LogP contribution is -2.00. The number of nitrogens with one attached hydrogen (secondary N) is 1. The number of aryl methyl sites for hydroxylation is 2. The van der Waals surface area contributed by atoms with E-state index in [1.807, 2.05) is 6.07 Å². The first-order valence-corrected chi connectivity index (χ1v) is 7.55. The normalized spacial score (nSPS) is 12.8. The average Bonchev–Trinajstić information content (AvgIpc) is 2.97. The lowest BCUT2D eigenvalue weighted by atomic mass is 10.0. The van der Waals surface area contributed by atoms with Crippen molar-refractivity contribution in [3.8, 4) is 0 Å². The van der Waals surface area contributed by atoms with Crippen molar-refractivity contribution in [2.45, 2.75) is 26.2 Å².